The number of ether oxygens (including phenoxy) is 1. The van der Waals surface area contributed by atoms with Crippen LogP contribution in [0.3, 0.4) is 0 Å². The standard InChI is InChI=1S/C24H31N9O/c1-15-14-34-11-10-31(15)22-12-21(33-24(28-22)19(13-27-33)20-6-9-26-29-20)23-16(2)30-32(17(23)3)18-4-7-25-8-5-18/h6,9,12-13,15,18,25H,4-5,7-8,10-11,14H2,1-3H3,(H,26,29). The molecule has 1 unspecified atom stereocenters. The number of hydrogen-bond acceptors (Lipinski definition) is 7. The number of fused-ring (bicyclic) bond motifs is 1. The number of morpholine rings is 1. The first-order valence-electron chi connectivity index (χ1n) is 12.1. The van der Waals surface area contributed by atoms with E-state index < -0.39 is 0 Å². The van der Waals surface area contributed by atoms with Crippen molar-refractivity contribution in [2.45, 2.75) is 45.7 Å². The molecule has 2 aliphatic rings. The maximum atomic E-state index is 5.69. The van der Waals surface area contributed by atoms with Crippen LogP contribution >= 0.6 is 0 Å². The lowest BCUT2D eigenvalue weighted by atomic mass is 10.1. The van der Waals surface area contributed by atoms with E-state index in [1.54, 1.807) is 6.20 Å². The third kappa shape index (κ3) is 3.48. The van der Waals surface area contributed by atoms with Crippen molar-refractivity contribution >= 4 is 11.5 Å². The largest absolute Gasteiger partial charge is 0.377 e. The molecule has 0 bridgehead atoms. The number of anilines is 1. The topological polar surface area (TPSA) is 101 Å². The summed E-state index contributed by atoms with van der Waals surface area (Å²) in [6, 6.07) is 4.79. The van der Waals surface area contributed by atoms with Crippen molar-refractivity contribution in [3.63, 3.8) is 0 Å². The molecule has 0 saturated carbocycles. The van der Waals surface area contributed by atoms with Gasteiger partial charge in [-0.3, -0.25) is 9.78 Å². The highest BCUT2D eigenvalue weighted by Gasteiger charge is 2.27. The number of aromatic amines is 1. The Bertz CT molecular complexity index is 1300. The second kappa shape index (κ2) is 8.52. The van der Waals surface area contributed by atoms with Crippen LogP contribution in [0.2, 0.25) is 0 Å². The lowest BCUT2D eigenvalue weighted by molar-refractivity contribution is 0.0985. The zero-order valence-electron chi connectivity index (χ0n) is 20.0. The normalized spacial score (nSPS) is 19.9. The SMILES string of the molecule is Cc1nn(C2CCNCC2)c(C)c1-c1cc(N2CCOCC2C)nc2c(-c3ccn[nH]3)cnn12. The van der Waals surface area contributed by atoms with Gasteiger partial charge in [0.05, 0.1) is 54.1 Å². The third-order valence-corrected chi connectivity index (χ3v) is 7.15. The Morgan fingerprint density at radius 1 is 1.18 bits per heavy atom. The maximum absolute atomic E-state index is 5.69. The Balaban J connectivity index is 1.55. The molecule has 0 aliphatic carbocycles. The van der Waals surface area contributed by atoms with Crippen molar-refractivity contribution in [2.75, 3.05) is 37.7 Å². The van der Waals surface area contributed by atoms with Gasteiger partial charge in [0.2, 0.25) is 0 Å². The molecule has 2 N–H and O–H groups in total. The van der Waals surface area contributed by atoms with Crippen LogP contribution in [0.5, 0.6) is 0 Å². The molecule has 2 saturated heterocycles. The van der Waals surface area contributed by atoms with Crippen LogP contribution in [0.1, 0.15) is 37.2 Å². The maximum Gasteiger partial charge on any atom is 0.167 e. The zero-order chi connectivity index (χ0) is 23.2. The highest BCUT2D eigenvalue weighted by molar-refractivity contribution is 5.80. The molecule has 0 amide bonds. The third-order valence-electron chi connectivity index (χ3n) is 7.15. The van der Waals surface area contributed by atoms with E-state index in [9.17, 15) is 0 Å². The first kappa shape index (κ1) is 21.3. The van der Waals surface area contributed by atoms with Gasteiger partial charge in [0.1, 0.15) is 5.82 Å². The predicted octanol–water partition coefficient (Wildman–Crippen LogP) is 2.75. The highest BCUT2D eigenvalue weighted by Crippen LogP contribution is 2.35. The molecule has 0 spiro atoms. The quantitative estimate of drug-likeness (QED) is 0.482. The van der Waals surface area contributed by atoms with Gasteiger partial charge in [0.15, 0.2) is 5.65 Å². The number of H-pyrrole nitrogens is 1. The molecule has 10 nitrogen and oxygen atoms in total. The van der Waals surface area contributed by atoms with E-state index in [1.807, 2.05) is 16.8 Å². The Morgan fingerprint density at radius 2 is 2.03 bits per heavy atom. The van der Waals surface area contributed by atoms with Gasteiger partial charge in [-0.2, -0.15) is 15.3 Å². The summed E-state index contributed by atoms with van der Waals surface area (Å²) in [7, 11) is 0. The second-order valence-electron chi connectivity index (χ2n) is 9.35. The number of aromatic nitrogens is 7. The molecule has 1 atom stereocenters. The summed E-state index contributed by atoms with van der Waals surface area (Å²) in [5.41, 5.74) is 6.98. The van der Waals surface area contributed by atoms with E-state index in [2.05, 4.69) is 51.9 Å². The lowest BCUT2D eigenvalue weighted by Gasteiger charge is -2.34. The molecule has 6 rings (SSSR count). The van der Waals surface area contributed by atoms with Gasteiger partial charge in [-0.1, -0.05) is 0 Å². The Labute approximate surface area is 198 Å². The van der Waals surface area contributed by atoms with Crippen LogP contribution in [0.4, 0.5) is 5.82 Å². The summed E-state index contributed by atoms with van der Waals surface area (Å²) in [5.74, 6) is 0.938. The van der Waals surface area contributed by atoms with E-state index >= 15 is 0 Å². The molecule has 4 aromatic heterocycles. The molecular weight excluding hydrogens is 430 g/mol. The van der Waals surface area contributed by atoms with E-state index in [-0.39, 0.29) is 6.04 Å². The van der Waals surface area contributed by atoms with E-state index in [1.165, 1.54) is 5.69 Å². The first-order chi connectivity index (χ1) is 16.6. The van der Waals surface area contributed by atoms with Crippen molar-refractivity contribution < 1.29 is 4.74 Å². The van der Waals surface area contributed by atoms with E-state index in [0.29, 0.717) is 19.3 Å². The summed E-state index contributed by atoms with van der Waals surface area (Å²) in [6.07, 6.45) is 5.81. The van der Waals surface area contributed by atoms with Crippen molar-refractivity contribution in [2.24, 2.45) is 0 Å². The van der Waals surface area contributed by atoms with Crippen LogP contribution < -0.4 is 10.2 Å². The van der Waals surface area contributed by atoms with Gasteiger partial charge in [0, 0.05) is 30.1 Å². The number of hydrogen-bond donors (Lipinski definition) is 2. The number of aryl methyl sites for hydroxylation is 1. The average Bonchev–Trinajstić information content (AvgIpc) is 3.58. The Morgan fingerprint density at radius 3 is 2.79 bits per heavy atom. The number of nitrogens with one attached hydrogen (secondary N) is 2. The van der Waals surface area contributed by atoms with E-state index in [0.717, 1.165) is 72.1 Å². The summed E-state index contributed by atoms with van der Waals surface area (Å²) >= 11 is 0. The molecule has 4 aromatic rings. The van der Waals surface area contributed by atoms with Crippen molar-refractivity contribution in [1.82, 2.24) is 39.9 Å². The minimum atomic E-state index is 0.245. The number of nitrogens with zero attached hydrogens (tertiary/aromatic N) is 7. The molecule has 10 heteroatoms. The predicted molar refractivity (Wildman–Crippen MR) is 130 cm³/mol. The van der Waals surface area contributed by atoms with Crippen molar-refractivity contribution in [1.29, 1.82) is 0 Å². The molecule has 2 aliphatic heterocycles. The van der Waals surface area contributed by atoms with Crippen LogP contribution in [-0.2, 0) is 4.74 Å². The van der Waals surface area contributed by atoms with E-state index in [4.69, 9.17) is 19.9 Å². The van der Waals surface area contributed by atoms with Crippen LogP contribution in [0.15, 0.2) is 24.5 Å². The number of rotatable bonds is 4. The monoisotopic (exact) mass is 461 g/mol. The number of piperidine rings is 1. The van der Waals surface area contributed by atoms with Crippen LogP contribution in [0.25, 0.3) is 28.2 Å². The molecule has 6 heterocycles. The highest BCUT2D eigenvalue weighted by atomic mass is 16.5. The fourth-order valence-corrected chi connectivity index (χ4v) is 5.38. The first-order valence-corrected chi connectivity index (χ1v) is 12.1. The van der Waals surface area contributed by atoms with Crippen LogP contribution in [0, 0.1) is 13.8 Å². The van der Waals surface area contributed by atoms with Crippen molar-refractivity contribution in [3.8, 4) is 22.5 Å². The Kier molecular flexibility index (Phi) is 5.34. The molecule has 2 fully saturated rings. The molecule has 0 radical (unpaired) electrons. The lowest BCUT2D eigenvalue weighted by Crippen LogP contribution is -2.44. The van der Waals surface area contributed by atoms with Crippen molar-refractivity contribution in [3.05, 3.63) is 35.9 Å². The van der Waals surface area contributed by atoms with Gasteiger partial charge in [-0.25, -0.2) is 9.50 Å². The summed E-state index contributed by atoms with van der Waals surface area (Å²) < 4.78 is 9.88. The van der Waals surface area contributed by atoms with Gasteiger partial charge in [-0.05, 0) is 52.8 Å². The fraction of sp³-hybridized carbons (Fsp3) is 0.500. The summed E-state index contributed by atoms with van der Waals surface area (Å²) in [4.78, 5) is 7.43. The summed E-state index contributed by atoms with van der Waals surface area (Å²) in [6.45, 7) is 10.7. The molecule has 0 aromatic carbocycles. The summed E-state index contributed by atoms with van der Waals surface area (Å²) in [5, 5.41) is 20.5. The minimum Gasteiger partial charge on any atom is -0.377 e. The smallest absolute Gasteiger partial charge is 0.167 e. The van der Waals surface area contributed by atoms with Gasteiger partial charge in [0.25, 0.3) is 0 Å². The Hall–Kier alpha value is -3.24. The molecular formula is C24H31N9O. The fourth-order valence-electron chi connectivity index (χ4n) is 5.38. The molecule has 178 valence electrons. The second-order valence-corrected chi connectivity index (χ2v) is 9.35. The van der Waals surface area contributed by atoms with Crippen LogP contribution in [-0.4, -0.2) is 73.5 Å². The van der Waals surface area contributed by atoms with Gasteiger partial charge in [-0.15, -0.1) is 0 Å². The minimum absolute atomic E-state index is 0.245. The molecule has 34 heavy (non-hydrogen) atoms. The average molecular weight is 462 g/mol. The van der Waals surface area contributed by atoms with Gasteiger partial charge < -0.3 is 15.0 Å². The van der Waals surface area contributed by atoms with Gasteiger partial charge >= 0.3 is 0 Å². The zero-order valence-corrected chi connectivity index (χ0v) is 20.0.